The Morgan fingerprint density at radius 2 is 1.63 bits per heavy atom. The number of hydrogen-bond acceptors (Lipinski definition) is 7. The number of imidazole rings is 1. The van der Waals surface area contributed by atoms with Gasteiger partial charge in [0.25, 0.3) is 11.0 Å². The number of fused-ring (bicyclic) bond motifs is 4. The van der Waals surface area contributed by atoms with Gasteiger partial charge in [-0.05, 0) is 80.6 Å². The number of thiazole rings is 1. The van der Waals surface area contributed by atoms with Crippen LogP contribution in [0.25, 0.3) is 55.6 Å². The normalized spacial score (nSPS) is 13.8. The fourth-order valence-corrected chi connectivity index (χ4v) is 7.85. The third kappa shape index (κ3) is 5.34. The van der Waals surface area contributed by atoms with E-state index in [-0.39, 0.29) is 0 Å². The number of oxazole rings is 1. The first kappa shape index (κ1) is 30.8. The van der Waals surface area contributed by atoms with Gasteiger partial charge in [-0.2, -0.15) is 4.57 Å². The third-order valence-corrected chi connectivity index (χ3v) is 10.3. The van der Waals surface area contributed by atoms with Gasteiger partial charge in [-0.15, -0.1) is 0 Å². The molecule has 0 aliphatic carbocycles. The van der Waals surface area contributed by atoms with Crippen molar-refractivity contribution in [3.8, 4) is 28.1 Å². The van der Waals surface area contributed by atoms with Crippen molar-refractivity contribution in [3.05, 3.63) is 139 Å². The van der Waals surface area contributed by atoms with Gasteiger partial charge in [0.1, 0.15) is 22.8 Å². The van der Waals surface area contributed by atoms with Crippen LogP contribution < -0.4 is 19.1 Å². The van der Waals surface area contributed by atoms with Crippen LogP contribution in [0.1, 0.15) is 19.7 Å². The van der Waals surface area contributed by atoms with E-state index >= 15 is 0 Å². The molecule has 0 saturated carbocycles. The first-order valence-corrected chi connectivity index (χ1v) is 18.0. The van der Waals surface area contributed by atoms with E-state index in [2.05, 4.69) is 130 Å². The molecule has 9 heteroatoms. The van der Waals surface area contributed by atoms with Gasteiger partial charge in [-0.1, -0.05) is 59.9 Å². The highest BCUT2D eigenvalue weighted by Gasteiger charge is 2.29. The van der Waals surface area contributed by atoms with Gasteiger partial charge in [0, 0.05) is 37.4 Å². The molecule has 3 aromatic heterocycles. The molecular weight excluding hydrogens is 653 g/mol. The Hall–Kier alpha value is -6.19. The number of anilines is 2. The van der Waals surface area contributed by atoms with Crippen LogP contribution >= 0.6 is 11.3 Å². The summed E-state index contributed by atoms with van der Waals surface area (Å²) in [6.45, 7) is 5.98. The molecule has 8 aromatic rings. The molecule has 0 saturated heterocycles. The molecule has 0 radical (unpaired) electrons. The minimum absolute atomic E-state index is 0.618. The highest BCUT2D eigenvalue weighted by molar-refractivity contribution is 7.20. The van der Waals surface area contributed by atoms with Gasteiger partial charge in [0.05, 0.1) is 28.1 Å². The lowest BCUT2D eigenvalue weighted by molar-refractivity contribution is -0.670. The van der Waals surface area contributed by atoms with Crippen molar-refractivity contribution in [3.63, 3.8) is 0 Å². The third-order valence-electron chi connectivity index (χ3n) is 9.39. The maximum atomic E-state index is 6.25. The number of allylic oxidation sites excluding steroid dienone is 2. The second kappa shape index (κ2) is 12.6. The highest BCUT2D eigenvalue weighted by atomic mass is 32.1. The summed E-state index contributed by atoms with van der Waals surface area (Å²) in [5.41, 5.74) is 9.07. The molecule has 0 fully saturated rings. The molecule has 0 N–H and O–H groups in total. The van der Waals surface area contributed by atoms with Gasteiger partial charge in [-0.3, -0.25) is 0 Å². The molecule has 0 amide bonds. The maximum Gasteiger partial charge on any atom is 0.287 e. The highest BCUT2D eigenvalue weighted by Crippen LogP contribution is 2.44. The summed E-state index contributed by atoms with van der Waals surface area (Å²) in [4.78, 5) is 14.0. The monoisotopic (exact) mass is 687 g/mol. The molecule has 1 aliphatic heterocycles. The van der Waals surface area contributed by atoms with Crippen LogP contribution in [0.5, 0.6) is 10.9 Å². The Morgan fingerprint density at radius 1 is 0.824 bits per heavy atom. The molecule has 250 valence electrons. The summed E-state index contributed by atoms with van der Waals surface area (Å²) in [5.74, 6) is 3.54. The Labute approximate surface area is 299 Å². The summed E-state index contributed by atoms with van der Waals surface area (Å²) >= 11 is 1.56. The summed E-state index contributed by atoms with van der Waals surface area (Å²) in [7, 11) is 2.11. The zero-order valence-corrected chi connectivity index (χ0v) is 29.3. The van der Waals surface area contributed by atoms with Crippen molar-refractivity contribution in [2.75, 3.05) is 23.4 Å². The molecule has 9 rings (SSSR count). The predicted octanol–water partition coefficient (Wildman–Crippen LogP) is 9.98. The van der Waals surface area contributed by atoms with Crippen molar-refractivity contribution < 1.29 is 13.7 Å². The van der Waals surface area contributed by atoms with E-state index in [0.29, 0.717) is 11.1 Å². The van der Waals surface area contributed by atoms with Crippen molar-refractivity contribution in [1.82, 2.24) is 14.5 Å². The van der Waals surface area contributed by atoms with Gasteiger partial charge in [0.15, 0.2) is 16.6 Å². The lowest BCUT2D eigenvalue weighted by atomic mass is 10.2. The van der Waals surface area contributed by atoms with E-state index in [1.807, 2.05) is 48.5 Å². The summed E-state index contributed by atoms with van der Waals surface area (Å²) < 4.78 is 18.2. The Bertz CT molecular complexity index is 2570. The molecule has 1 aliphatic rings. The molecule has 5 aromatic carbocycles. The zero-order valence-electron chi connectivity index (χ0n) is 28.5. The Kier molecular flexibility index (Phi) is 7.62. The van der Waals surface area contributed by atoms with Crippen LogP contribution in [0.4, 0.5) is 11.4 Å². The lowest BCUT2D eigenvalue weighted by Crippen LogP contribution is -2.35. The van der Waals surface area contributed by atoms with Crippen LogP contribution in [0, 0.1) is 0 Å². The topological polar surface area (TPSA) is 63.4 Å². The van der Waals surface area contributed by atoms with Crippen LogP contribution in [-0.4, -0.2) is 28.1 Å². The van der Waals surface area contributed by atoms with Gasteiger partial charge >= 0.3 is 0 Å². The molecule has 4 heterocycles. The van der Waals surface area contributed by atoms with E-state index in [9.17, 15) is 0 Å². The number of ether oxygens (including phenoxy) is 1. The number of benzene rings is 5. The lowest BCUT2D eigenvalue weighted by Gasteiger charge is -2.20. The molecule has 0 atom stereocenters. The van der Waals surface area contributed by atoms with Crippen molar-refractivity contribution in [1.29, 1.82) is 0 Å². The number of nitrogens with zero attached hydrogens (tertiary/aromatic N) is 6. The average Bonchev–Trinajstić information content (AvgIpc) is 3.92. The van der Waals surface area contributed by atoms with Gasteiger partial charge < -0.3 is 19.0 Å². The smallest absolute Gasteiger partial charge is 0.287 e. The van der Waals surface area contributed by atoms with E-state index in [1.165, 1.54) is 0 Å². The first-order chi connectivity index (χ1) is 25.1. The van der Waals surface area contributed by atoms with Crippen molar-refractivity contribution in [2.45, 2.75) is 20.4 Å². The SMILES string of the molecule is CCN1/C(=C\C=C\c2n(-c3ccccc3)c3ccc(-c4nc5ccccc5o4)cc3[n+]2CC)N(C)c2cc(Oc3nc4ccccc4s3)ccc21. The molecule has 0 spiro atoms. The van der Waals surface area contributed by atoms with E-state index in [0.717, 1.165) is 85.5 Å². The molecule has 0 unspecified atom stereocenters. The number of aryl methyl sites for hydroxylation is 1. The number of para-hydroxylation sites is 4. The minimum atomic E-state index is 0.618. The summed E-state index contributed by atoms with van der Waals surface area (Å²) in [6, 6.07) is 39.2. The van der Waals surface area contributed by atoms with Crippen LogP contribution in [0.15, 0.2) is 138 Å². The number of rotatable bonds is 8. The summed E-state index contributed by atoms with van der Waals surface area (Å²) in [5, 5.41) is 0.641. The zero-order chi connectivity index (χ0) is 34.5. The maximum absolute atomic E-state index is 6.25. The number of hydrogen-bond donors (Lipinski definition) is 0. The van der Waals surface area contributed by atoms with Crippen molar-refractivity contribution in [2.24, 2.45) is 0 Å². The minimum Gasteiger partial charge on any atom is -0.436 e. The van der Waals surface area contributed by atoms with Crippen LogP contribution in [0.3, 0.4) is 0 Å². The Morgan fingerprint density at radius 3 is 2.43 bits per heavy atom. The van der Waals surface area contributed by atoms with Gasteiger partial charge in [0.2, 0.25) is 5.89 Å². The second-order valence-electron chi connectivity index (χ2n) is 12.4. The Balaban J connectivity index is 1.08. The molecule has 0 bridgehead atoms. The predicted molar refractivity (Wildman–Crippen MR) is 207 cm³/mol. The average molecular weight is 688 g/mol. The van der Waals surface area contributed by atoms with Crippen molar-refractivity contribution >= 4 is 61.1 Å². The summed E-state index contributed by atoms with van der Waals surface area (Å²) in [6.07, 6.45) is 6.55. The second-order valence-corrected chi connectivity index (χ2v) is 13.3. The fourth-order valence-electron chi connectivity index (χ4n) is 7.01. The van der Waals surface area contributed by atoms with E-state index in [4.69, 9.17) is 14.1 Å². The van der Waals surface area contributed by atoms with Crippen LogP contribution in [0.2, 0.25) is 0 Å². The fraction of sp³-hybridized carbons (Fsp3) is 0.119. The van der Waals surface area contributed by atoms with Crippen LogP contribution in [-0.2, 0) is 6.54 Å². The standard InChI is InChI=1S/C42H35N6O2S/c1-4-46-33-25-23-30(49-42-44-32-17-10-12-19-38(32)51-42)27-35(33)45(3)39(46)20-13-21-40-47(5-2)36-26-28(41-43-31-16-9-11-18-37(31)50-41)22-24-34(36)48(40)29-14-7-6-8-15-29/h6-27H,4-5H2,1-3H3/q+1. The first-order valence-electron chi connectivity index (χ1n) is 17.2. The molecular formula is C42H35N6O2S+. The molecule has 8 nitrogen and oxygen atoms in total. The van der Waals surface area contributed by atoms with E-state index in [1.54, 1.807) is 11.3 Å². The number of aromatic nitrogens is 4. The largest absolute Gasteiger partial charge is 0.436 e. The van der Waals surface area contributed by atoms with Gasteiger partial charge in [-0.25, -0.2) is 14.5 Å². The van der Waals surface area contributed by atoms with E-state index < -0.39 is 0 Å². The quantitative estimate of drug-likeness (QED) is 0.148. The molecule has 51 heavy (non-hydrogen) atoms.